The van der Waals surface area contributed by atoms with Crippen molar-refractivity contribution in [3.63, 3.8) is 0 Å². The third kappa shape index (κ3) is 4.41. The number of carbonyl (C=O) groups excluding carboxylic acids is 1. The third-order valence-corrected chi connectivity index (χ3v) is 3.46. The molecule has 18 heavy (non-hydrogen) atoms. The first-order chi connectivity index (χ1) is 8.58. The van der Waals surface area contributed by atoms with Crippen LogP contribution in [-0.4, -0.2) is 5.78 Å². The molecule has 0 aliphatic rings. The Bertz CT molecular complexity index is 403. The Balaban J connectivity index is 2.70. The van der Waals surface area contributed by atoms with Crippen molar-refractivity contribution in [1.29, 1.82) is 0 Å². The minimum Gasteiger partial charge on any atom is -0.299 e. The van der Waals surface area contributed by atoms with Gasteiger partial charge in [-0.2, -0.15) is 0 Å². The van der Waals surface area contributed by atoms with Gasteiger partial charge in [0.2, 0.25) is 0 Å². The van der Waals surface area contributed by atoms with E-state index in [9.17, 15) is 9.18 Å². The van der Waals surface area contributed by atoms with E-state index in [-0.39, 0.29) is 23.9 Å². The molecule has 0 saturated carbocycles. The number of carbonyl (C=O) groups is 1. The molecular formula is C15H20ClFO. The lowest BCUT2D eigenvalue weighted by Crippen LogP contribution is -2.16. The second-order valence-electron chi connectivity index (χ2n) is 4.63. The minimum absolute atomic E-state index is 0.0448. The lowest BCUT2D eigenvalue weighted by atomic mass is 9.91. The van der Waals surface area contributed by atoms with Crippen LogP contribution in [-0.2, 0) is 11.2 Å². The van der Waals surface area contributed by atoms with Crippen LogP contribution in [0.5, 0.6) is 0 Å². The fraction of sp³-hybridized carbons (Fsp3) is 0.533. The maximum Gasteiger partial charge on any atom is 0.140 e. The third-order valence-electron chi connectivity index (χ3n) is 3.23. The van der Waals surface area contributed by atoms with Crippen LogP contribution < -0.4 is 0 Å². The number of Topliss-reactive ketones (excluding diaryl/α,β-unsaturated/α-hetero) is 1. The van der Waals surface area contributed by atoms with E-state index < -0.39 is 0 Å². The summed E-state index contributed by atoms with van der Waals surface area (Å²) in [6.45, 7) is 4.11. The Labute approximate surface area is 113 Å². The van der Waals surface area contributed by atoms with Crippen LogP contribution in [0.1, 0.15) is 45.1 Å². The molecule has 0 heterocycles. The first kappa shape index (κ1) is 15.2. The van der Waals surface area contributed by atoms with E-state index in [1.165, 1.54) is 12.1 Å². The van der Waals surface area contributed by atoms with Crippen LogP contribution in [0.4, 0.5) is 4.39 Å². The molecule has 0 aromatic heterocycles. The van der Waals surface area contributed by atoms with E-state index >= 15 is 0 Å². The van der Waals surface area contributed by atoms with Crippen molar-refractivity contribution in [3.05, 3.63) is 34.6 Å². The highest BCUT2D eigenvalue weighted by molar-refractivity contribution is 6.30. The summed E-state index contributed by atoms with van der Waals surface area (Å²) in [5, 5.41) is 0.473. The Morgan fingerprint density at radius 3 is 2.72 bits per heavy atom. The van der Waals surface area contributed by atoms with Gasteiger partial charge in [0.15, 0.2) is 0 Å². The highest BCUT2D eigenvalue weighted by atomic mass is 35.5. The largest absolute Gasteiger partial charge is 0.299 e. The molecule has 100 valence electrons. The summed E-state index contributed by atoms with van der Waals surface area (Å²) >= 11 is 5.82. The maximum atomic E-state index is 13.5. The Hall–Kier alpha value is -0.890. The minimum atomic E-state index is -0.349. The second-order valence-corrected chi connectivity index (χ2v) is 5.06. The summed E-state index contributed by atoms with van der Waals surface area (Å²) in [7, 11) is 0. The topological polar surface area (TPSA) is 17.1 Å². The van der Waals surface area contributed by atoms with E-state index in [2.05, 4.69) is 6.92 Å². The van der Waals surface area contributed by atoms with Crippen LogP contribution in [0, 0.1) is 11.7 Å². The van der Waals surface area contributed by atoms with Gasteiger partial charge >= 0.3 is 0 Å². The summed E-state index contributed by atoms with van der Waals surface area (Å²) in [4.78, 5) is 12.1. The molecule has 0 spiro atoms. The van der Waals surface area contributed by atoms with Crippen molar-refractivity contribution in [3.8, 4) is 0 Å². The van der Waals surface area contributed by atoms with E-state index in [4.69, 9.17) is 11.6 Å². The van der Waals surface area contributed by atoms with Crippen LogP contribution >= 0.6 is 11.6 Å². The molecule has 1 aromatic carbocycles. The van der Waals surface area contributed by atoms with E-state index in [0.717, 1.165) is 25.7 Å². The number of halogens is 2. The number of rotatable bonds is 7. The van der Waals surface area contributed by atoms with Gasteiger partial charge in [-0.25, -0.2) is 4.39 Å². The summed E-state index contributed by atoms with van der Waals surface area (Å²) < 4.78 is 13.5. The summed E-state index contributed by atoms with van der Waals surface area (Å²) in [5.74, 6) is -0.187. The van der Waals surface area contributed by atoms with Gasteiger partial charge in [-0.05, 0) is 36.6 Å². The smallest absolute Gasteiger partial charge is 0.140 e. The van der Waals surface area contributed by atoms with Crippen LogP contribution in [0.3, 0.4) is 0 Å². The van der Waals surface area contributed by atoms with Crippen molar-refractivity contribution >= 4 is 17.4 Å². The molecule has 1 nitrogen and oxygen atoms in total. The first-order valence-corrected chi connectivity index (χ1v) is 6.92. The highest BCUT2D eigenvalue weighted by Crippen LogP contribution is 2.20. The normalized spacial score (nSPS) is 12.4. The van der Waals surface area contributed by atoms with Crippen molar-refractivity contribution in [1.82, 2.24) is 0 Å². The van der Waals surface area contributed by atoms with E-state index in [1.807, 2.05) is 6.92 Å². The summed E-state index contributed by atoms with van der Waals surface area (Å²) in [6.07, 6.45) is 3.99. The summed E-state index contributed by atoms with van der Waals surface area (Å²) in [5.41, 5.74) is 0.405. The number of hydrogen-bond donors (Lipinski definition) is 0. The quantitative estimate of drug-likeness (QED) is 0.695. The average molecular weight is 271 g/mol. The van der Waals surface area contributed by atoms with Crippen molar-refractivity contribution in [2.75, 3.05) is 0 Å². The van der Waals surface area contributed by atoms with Gasteiger partial charge in [0.05, 0.1) is 0 Å². The Morgan fingerprint density at radius 1 is 1.39 bits per heavy atom. The molecule has 0 aliphatic carbocycles. The van der Waals surface area contributed by atoms with E-state index in [1.54, 1.807) is 6.07 Å². The molecule has 0 bridgehead atoms. The van der Waals surface area contributed by atoms with Gasteiger partial charge in [-0.3, -0.25) is 4.79 Å². The molecule has 1 unspecified atom stereocenters. The van der Waals surface area contributed by atoms with Gasteiger partial charge in [0, 0.05) is 17.4 Å². The number of ketones is 1. The van der Waals surface area contributed by atoms with Crippen molar-refractivity contribution in [2.24, 2.45) is 5.92 Å². The van der Waals surface area contributed by atoms with Gasteiger partial charge in [-0.1, -0.05) is 38.3 Å². The lowest BCUT2D eigenvalue weighted by Gasteiger charge is -2.13. The van der Waals surface area contributed by atoms with Gasteiger partial charge < -0.3 is 0 Å². The van der Waals surface area contributed by atoms with Crippen LogP contribution in [0.15, 0.2) is 18.2 Å². The first-order valence-electron chi connectivity index (χ1n) is 6.55. The summed E-state index contributed by atoms with van der Waals surface area (Å²) in [6, 6.07) is 4.36. The molecule has 1 rings (SSSR count). The van der Waals surface area contributed by atoms with Crippen molar-refractivity contribution in [2.45, 2.75) is 46.0 Å². The molecule has 0 fully saturated rings. The Morgan fingerprint density at radius 2 is 2.11 bits per heavy atom. The number of hydrogen-bond acceptors (Lipinski definition) is 1. The molecule has 3 heteroatoms. The number of benzene rings is 1. The highest BCUT2D eigenvalue weighted by Gasteiger charge is 2.17. The Kier molecular flexibility index (Phi) is 6.34. The molecule has 0 saturated heterocycles. The fourth-order valence-electron chi connectivity index (χ4n) is 2.05. The van der Waals surface area contributed by atoms with Crippen molar-refractivity contribution < 1.29 is 9.18 Å². The van der Waals surface area contributed by atoms with Crippen LogP contribution in [0.2, 0.25) is 5.02 Å². The molecule has 1 atom stereocenters. The van der Waals surface area contributed by atoms with Gasteiger partial charge in [0.25, 0.3) is 0 Å². The maximum absolute atomic E-state index is 13.5. The predicted molar refractivity (Wildman–Crippen MR) is 73.4 cm³/mol. The fourth-order valence-corrected chi connectivity index (χ4v) is 2.25. The molecule has 0 N–H and O–H groups in total. The monoisotopic (exact) mass is 270 g/mol. The predicted octanol–water partition coefficient (Wildman–Crippen LogP) is 4.81. The average Bonchev–Trinajstić information content (AvgIpc) is 2.35. The second kappa shape index (κ2) is 7.52. The molecular weight excluding hydrogens is 251 g/mol. The number of unbranched alkanes of at least 4 members (excludes halogenated alkanes) is 1. The zero-order valence-electron chi connectivity index (χ0n) is 11.0. The van der Waals surface area contributed by atoms with Gasteiger partial charge in [0.1, 0.15) is 11.6 Å². The van der Waals surface area contributed by atoms with E-state index in [0.29, 0.717) is 10.6 Å². The molecule has 0 aliphatic heterocycles. The molecule has 0 amide bonds. The zero-order valence-corrected chi connectivity index (χ0v) is 11.8. The standard InChI is InChI=1S/C15H20ClFO/c1-3-5-6-11(4-2)15(18)10-12-9-13(16)7-8-14(12)17/h7-9,11H,3-6,10H2,1-2H3. The SMILES string of the molecule is CCCCC(CC)C(=O)Cc1cc(Cl)ccc1F. The molecule has 0 radical (unpaired) electrons. The van der Waals surface area contributed by atoms with Crippen LogP contribution in [0.25, 0.3) is 0 Å². The zero-order chi connectivity index (χ0) is 13.5. The molecule has 1 aromatic rings. The van der Waals surface area contributed by atoms with Gasteiger partial charge in [-0.15, -0.1) is 0 Å². The lowest BCUT2D eigenvalue weighted by molar-refractivity contribution is -0.122.